The average Bonchev–Trinajstić information content (AvgIpc) is 2.11. The van der Waals surface area contributed by atoms with Crippen LogP contribution < -0.4 is 16.1 Å². The van der Waals surface area contributed by atoms with Crippen molar-refractivity contribution in [2.24, 2.45) is 0 Å². The Morgan fingerprint density at radius 3 is 3.00 bits per heavy atom. The van der Waals surface area contributed by atoms with E-state index in [-0.39, 0.29) is 5.63 Å². The van der Waals surface area contributed by atoms with E-state index < -0.39 is 0 Å². The summed E-state index contributed by atoms with van der Waals surface area (Å²) in [5.74, 6) is 0. The van der Waals surface area contributed by atoms with Gasteiger partial charge < -0.3 is 4.42 Å². The molecule has 0 aliphatic rings. The molecule has 68 valence electrons. The molecule has 1 rings (SSSR count). The molecule has 0 N–H and O–H groups in total. The predicted molar refractivity (Wildman–Crippen MR) is 53.6 cm³/mol. The molecule has 0 unspecified atom stereocenters. The van der Waals surface area contributed by atoms with E-state index in [2.05, 4.69) is 6.58 Å². The van der Waals surface area contributed by atoms with E-state index in [4.69, 9.17) is 4.42 Å². The average molecular weight is 176 g/mol. The zero-order valence-corrected chi connectivity index (χ0v) is 7.62. The molecule has 1 aromatic rings. The smallest absolute Gasteiger partial charge is 0.343 e. The first kappa shape index (κ1) is 9.52. The lowest BCUT2D eigenvalue weighted by Crippen LogP contribution is -2.37. The van der Waals surface area contributed by atoms with Gasteiger partial charge in [0.15, 0.2) is 0 Å². The van der Waals surface area contributed by atoms with Gasteiger partial charge in [-0.3, -0.25) is 0 Å². The lowest BCUT2D eigenvalue weighted by Gasteiger charge is -1.86. The Labute approximate surface area is 76.5 Å². The van der Waals surface area contributed by atoms with Crippen molar-refractivity contribution < 1.29 is 4.42 Å². The Balaban J connectivity index is 3.63. The van der Waals surface area contributed by atoms with E-state index in [9.17, 15) is 4.79 Å². The van der Waals surface area contributed by atoms with E-state index in [0.29, 0.717) is 5.22 Å². The quantitative estimate of drug-likeness (QED) is 0.667. The first-order chi connectivity index (χ1) is 6.29. The van der Waals surface area contributed by atoms with Gasteiger partial charge in [-0.1, -0.05) is 25.7 Å². The molecule has 0 atom stereocenters. The van der Waals surface area contributed by atoms with Crippen molar-refractivity contribution in [3.63, 3.8) is 0 Å². The van der Waals surface area contributed by atoms with Gasteiger partial charge in [-0.2, -0.15) is 0 Å². The lowest BCUT2D eigenvalue weighted by molar-refractivity contribution is 0.503. The Bertz CT molecular complexity index is 452. The topological polar surface area (TPSA) is 30.2 Å². The van der Waals surface area contributed by atoms with Crippen molar-refractivity contribution in [1.29, 1.82) is 0 Å². The van der Waals surface area contributed by atoms with Gasteiger partial charge in [-0.05, 0) is 23.8 Å². The van der Waals surface area contributed by atoms with Crippen molar-refractivity contribution in [3.8, 4) is 0 Å². The second-order valence-corrected chi connectivity index (χ2v) is 2.59. The molecule has 0 aromatic carbocycles. The maximum absolute atomic E-state index is 11.2. The van der Waals surface area contributed by atoms with Crippen LogP contribution in [0.1, 0.15) is 13.3 Å². The van der Waals surface area contributed by atoms with Crippen molar-refractivity contribution in [2.75, 3.05) is 0 Å². The van der Waals surface area contributed by atoms with Crippen molar-refractivity contribution in [3.05, 3.63) is 45.8 Å². The molecule has 0 aliphatic heterocycles. The summed E-state index contributed by atoms with van der Waals surface area (Å²) in [6.07, 6.45) is 7.52. The third-order valence-corrected chi connectivity index (χ3v) is 1.66. The summed E-state index contributed by atoms with van der Waals surface area (Å²) in [6, 6.07) is 1.78. The summed E-state index contributed by atoms with van der Waals surface area (Å²) in [4.78, 5) is 11.2. The van der Waals surface area contributed by atoms with Crippen molar-refractivity contribution in [2.45, 2.75) is 13.3 Å². The Morgan fingerprint density at radius 2 is 2.38 bits per heavy atom. The van der Waals surface area contributed by atoms with Gasteiger partial charge in [0.05, 0.1) is 11.5 Å². The minimum Gasteiger partial charge on any atom is -0.431 e. The third kappa shape index (κ3) is 2.18. The molecule has 0 saturated carbocycles. The number of hydrogen-bond acceptors (Lipinski definition) is 2. The molecule has 1 heterocycles. The SMILES string of the molecule is C=C/C=c1/c(=O)occ/c1=C/CC. The normalized spacial score (nSPS) is 13.3. The fraction of sp³-hybridized carbons (Fsp3) is 0.182. The molecule has 0 spiro atoms. The van der Waals surface area contributed by atoms with Crippen molar-refractivity contribution >= 4 is 12.2 Å². The van der Waals surface area contributed by atoms with E-state index in [1.165, 1.54) is 6.26 Å². The fourth-order valence-corrected chi connectivity index (χ4v) is 1.12. The molecule has 2 nitrogen and oxygen atoms in total. The molecule has 1 aromatic heterocycles. The molecular formula is C11H12O2. The maximum Gasteiger partial charge on any atom is 0.343 e. The summed E-state index contributed by atoms with van der Waals surface area (Å²) >= 11 is 0. The molecule has 0 aliphatic carbocycles. The third-order valence-electron chi connectivity index (χ3n) is 1.66. The predicted octanol–water partition coefficient (Wildman–Crippen LogP) is 0.797. The van der Waals surface area contributed by atoms with E-state index in [1.807, 2.05) is 13.0 Å². The van der Waals surface area contributed by atoms with Gasteiger partial charge in [0, 0.05) is 0 Å². The Kier molecular flexibility index (Phi) is 3.26. The second kappa shape index (κ2) is 4.45. The summed E-state index contributed by atoms with van der Waals surface area (Å²) in [5.41, 5.74) is -0.317. The molecular weight excluding hydrogens is 164 g/mol. The molecule has 0 fully saturated rings. The van der Waals surface area contributed by atoms with Gasteiger partial charge in [-0.25, -0.2) is 4.79 Å². The zero-order chi connectivity index (χ0) is 9.68. The Morgan fingerprint density at radius 1 is 1.62 bits per heavy atom. The Hall–Kier alpha value is -1.57. The van der Waals surface area contributed by atoms with Crippen LogP contribution in [0, 0.1) is 0 Å². The van der Waals surface area contributed by atoms with Gasteiger partial charge in [0.1, 0.15) is 0 Å². The summed E-state index contributed by atoms with van der Waals surface area (Å²) in [6.45, 7) is 5.57. The standard InChI is InChI=1S/C11H12O2/c1-3-5-9-7-8-13-11(12)10(9)6-4-2/h4-8H,2-3H2,1H3/b9-5-,10-6+. The summed E-state index contributed by atoms with van der Waals surface area (Å²) < 4.78 is 4.74. The highest BCUT2D eigenvalue weighted by molar-refractivity contribution is 5.36. The van der Waals surface area contributed by atoms with Crippen LogP contribution in [-0.2, 0) is 0 Å². The van der Waals surface area contributed by atoms with Crippen molar-refractivity contribution in [1.82, 2.24) is 0 Å². The van der Waals surface area contributed by atoms with Gasteiger partial charge >= 0.3 is 5.63 Å². The highest BCUT2D eigenvalue weighted by atomic mass is 16.4. The highest BCUT2D eigenvalue weighted by Gasteiger charge is 1.90. The number of allylic oxidation sites excluding steroid dienone is 1. The molecule has 13 heavy (non-hydrogen) atoms. The summed E-state index contributed by atoms with van der Waals surface area (Å²) in [7, 11) is 0. The molecule has 0 saturated heterocycles. The minimum absolute atomic E-state index is 0.317. The monoisotopic (exact) mass is 176 g/mol. The molecule has 0 radical (unpaired) electrons. The molecule has 0 bridgehead atoms. The minimum atomic E-state index is -0.317. The largest absolute Gasteiger partial charge is 0.431 e. The van der Waals surface area contributed by atoms with Gasteiger partial charge in [0.2, 0.25) is 0 Å². The maximum atomic E-state index is 11.2. The fourth-order valence-electron chi connectivity index (χ4n) is 1.12. The zero-order valence-electron chi connectivity index (χ0n) is 7.62. The van der Waals surface area contributed by atoms with Crippen LogP contribution in [0.3, 0.4) is 0 Å². The lowest BCUT2D eigenvalue weighted by atomic mass is 10.2. The van der Waals surface area contributed by atoms with Gasteiger partial charge in [0.25, 0.3) is 0 Å². The summed E-state index contributed by atoms with van der Waals surface area (Å²) in [5, 5.41) is 1.47. The van der Waals surface area contributed by atoms with Crippen LogP contribution in [0.5, 0.6) is 0 Å². The van der Waals surface area contributed by atoms with E-state index in [0.717, 1.165) is 11.6 Å². The van der Waals surface area contributed by atoms with Crippen LogP contribution in [0.4, 0.5) is 0 Å². The van der Waals surface area contributed by atoms with Crippen LogP contribution in [0.25, 0.3) is 12.2 Å². The molecule has 2 heteroatoms. The van der Waals surface area contributed by atoms with Crippen LogP contribution in [0.2, 0.25) is 0 Å². The van der Waals surface area contributed by atoms with E-state index in [1.54, 1.807) is 18.2 Å². The van der Waals surface area contributed by atoms with E-state index >= 15 is 0 Å². The van der Waals surface area contributed by atoms with Crippen LogP contribution in [0.15, 0.2) is 34.2 Å². The first-order valence-electron chi connectivity index (χ1n) is 4.20. The van der Waals surface area contributed by atoms with Crippen LogP contribution in [-0.4, -0.2) is 0 Å². The van der Waals surface area contributed by atoms with Crippen LogP contribution >= 0.6 is 0 Å². The highest BCUT2D eigenvalue weighted by Crippen LogP contribution is 1.74. The van der Waals surface area contributed by atoms with Gasteiger partial charge in [-0.15, -0.1) is 0 Å². The first-order valence-corrected chi connectivity index (χ1v) is 4.20. The molecule has 0 amide bonds. The number of hydrogen-bond donors (Lipinski definition) is 0. The second-order valence-electron chi connectivity index (χ2n) is 2.59. The number of rotatable bonds is 2.